The topological polar surface area (TPSA) is 108 Å². The van der Waals surface area contributed by atoms with Crippen molar-refractivity contribution in [3.05, 3.63) is 124 Å². The number of nitrogens with zero attached hydrogens (tertiary/aromatic N) is 2. The Bertz CT molecular complexity index is 1780. The summed E-state index contributed by atoms with van der Waals surface area (Å²) in [7, 11) is 3.18. The minimum Gasteiger partial charge on any atom is -0.497 e. The van der Waals surface area contributed by atoms with Gasteiger partial charge >= 0.3 is 5.97 Å². The Morgan fingerprint density at radius 2 is 1.57 bits per heavy atom. The lowest BCUT2D eigenvalue weighted by Crippen LogP contribution is -2.29. The summed E-state index contributed by atoms with van der Waals surface area (Å²) in [6.07, 6.45) is 1.10. The molecule has 0 spiro atoms. The van der Waals surface area contributed by atoms with Crippen LogP contribution in [0.2, 0.25) is 0 Å². The van der Waals surface area contributed by atoms with Gasteiger partial charge in [0.05, 0.1) is 31.5 Å². The summed E-state index contributed by atoms with van der Waals surface area (Å²) in [5, 5.41) is 11.7. The van der Waals surface area contributed by atoms with Gasteiger partial charge in [0.2, 0.25) is 0 Å². The second kappa shape index (κ2) is 12.3. The lowest BCUT2D eigenvalue weighted by atomic mass is 9.87. The number of carbonyl (C=O) groups excluding carboxylic acids is 2. The van der Waals surface area contributed by atoms with Crippen molar-refractivity contribution in [2.24, 2.45) is 0 Å². The molecule has 1 atom stereocenters. The van der Waals surface area contributed by atoms with Crippen molar-refractivity contribution in [3.63, 3.8) is 0 Å². The summed E-state index contributed by atoms with van der Waals surface area (Å²) in [6.45, 7) is 1.96. The maximum absolute atomic E-state index is 13.1. The van der Waals surface area contributed by atoms with Crippen LogP contribution in [0, 0.1) is 6.92 Å². The molecule has 8 nitrogen and oxygen atoms in total. The number of aryl methyl sites for hydroxylation is 1. The highest BCUT2D eigenvalue weighted by molar-refractivity contribution is 7.00. The normalized spacial score (nSPS) is 16.0. The van der Waals surface area contributed by atoms with Gasteiger partial charge in [0, 0.05) is 23.1 Å². The van der Waals surface area contributed by atoms with Crippen LogP contribution in [0.1, 0.15) is 32.6 Å². The molecule has 0 radical (unpaired) electrons. The third kappa shape index (κ3) is 5.93. The van der Waals surface area contributed by atoms with E-state index in [0.717, 1.165) is 34.7 Å². The molecule has 1 aromatic heterocycles. The monoisotopic (exact) mass is 580 g/mol. The van der Waals surface area contributed by atoms with Crippen LogP contribution in [0.5, 0.6) is 11.5 Å². The first-order valence-corrected chi connectivity index (χ1v) is 13.8. The molecule has 0 fully saturated rings. The van der Waals surface area contributed by atoms with Crippen LogP contribution in [0.15, 0.2) is 96.6 Å². The summed E-state index contributed by atoms with van der Waals surface area (Å²) in [4.78, 5) is 23.3. The number of aromatic nitrogens is 2. The summed E-state index contributed by atoms with van der Waals surface area (Å²) in [6, 6.07) is 27.3. The van der Waals surface area contributed by atoms with Crippen molar-refractivity contribution in [2.45, 2.75) is 19.1 Å². The lowest BCUT2D eigenvalue weighted by Gasteiger charge is -2.26. The van der Waals surface area contributed by atoms with Gasteiger partial charge < -0.3 is 19.3 Å². The van der Waals surface area contributed by atoms with Gasteiger partial charge in [-0.2, -0.15) is 8.75 Å². The lowest BCUT2D eigenvalue weighted by molar-refractivity contribution is -0.185. The van der Waals surface area contributed by atoms with E-state index in [1.54, 1.807) is 50.6 Å². The van der Waals surface area contributed by atoms with E-state index in [1.807, 2.05) is 61.5 Å². The minimum absolute atomic E-state index is 0.302. The highest BCUT2D eigenvalue weighted by Crippen LogP contribution is 2.45. The fourth-order valence-electron chi connectivity index (χ4n) is 4.69. The van der Waals surface area contributed by atoms with Gasteiger partial charge in [-0.15, -0.1) is 0 Å². The third-order valence-electron chi connectivity index (χ3n) is 6.89. The minimum atomic E-state index is -1.88. The second-order valence-corrected chi connectivity index (χ2v) is 10.2. The number of fused-ring (bicyclic) bond motifs is 1. The Morgan fingerprint density at radius 3 is 2.29 bits per heavy atom. The van der Waals surface area contributed by atoms with E-state index in [0.29, 0.717) is 51.3 Å². The molecule has 5 aromatic rings. The number of ether oxygens (including phenoxy) is 3. The van der Waals surface area contributed by atoms with Crippen LogP contribution >= 0.6 is 11.7 Å². The Labute approximate surface area is 247 Å². The summed E-state index contributed by atoms with van der Waals surface area (Å²) in [5.74, 6) is -1.04. The standard InChI is InChI=1S/C25H20N2O4S.C8H8O2/c1-15-6-9-18(10-7-15)25(29)20(13-16-4-3-5-19(12-16)30-2)23(24(28)31-25)17-8-11-21-22(14-17)27-32-26-21;1-10-8-4-2-3-7(5-8)6-9/h3-12,14,29H,13H2,1-2H3;2-6H,1H3. The molecule has 6 rings (SSSR count). The van der Waals surface area contributed by atoms with Gasteiger partial charge in [0.25, 0.3) is 5.79 Å². The maximum atomic E-state index is 13.1. The zero-order valence-electron chi connectivity index (χ0n) is 23.2. The van der Waals surface area contributed by atoms with E-state index < -0.39 is 11.8 Å². The van der Waals surface area contributed by atoms with Crippen LogP contribution in [-0.4, -0.2) is 40.3 Å². The number of carbonyl (C=O) groups is 2. The van der Waals surface area contributed by atoms with Gasteiger partial charge in [0.1, 0.15) is 28.8 Å². The average Bonchev–Trinajstić information content (AvgIpc) is 3.59. The number of esters is 1. The Morgan fingerprint density at radius 1 is 0.881 bits per heavy atom. The fourth-order valence-corrected chi connectivity index (χ4v) is 5.21. The van der Waals surface area contributed by atoms with E-state index in [4.69, 9.17) is 14.2 Å². The number of methoxy groups -OCH3 is 2. The van der Waals surface area contributed by atoms with Crippen molar-refractivity contribution in [1.29, 1.82) is 0 Å². The molecule has 1 N–H and O–H groups in total. The van der Waals surface area contributed by atoms with Crippen molar-refractivity contribution in [3.8, 4) is 11.5 Å². The van der Waals surface area contributed by atoms with E-state index >= 15 is 0 Å². The largest absolute Gasteiger partial charge is 0.497 e. The molecule has 42 heavy (non-hydrogen) atoms. The van der Waals surface area contributed by atoms with E-state index in [9.17, 15) is 14.7 Å². The number of hydrogen-bond donors (Lipinski definition) is 1. The smallest absolute Gasteiger partial charge is 0.342 e. The maximum Gasteiger partial charge on any atom is 0.342 e. The average molecular weight is 581 g/mol. The molecule has 1 unspecified atom stereocenters. The molecule has 2 heterocycles. The van der Waals surface area contributed by atoms with Gasteiger partial charge in [-0.25, -0.2) is 4.79 Å². The second-order valence-electron chi connectivity index (χ2n) is 9.64. The van der Waals surface area contributed by atoms with E-state index in [1.165, 1.54) is 0 Å². The molecule has 0 saturated carbocycles. The summed E-state index contributed by atoms with van der Waals surface area (Å²) >= 11 is 1.11. The number of aldehydes is 1. The Balaban J connectivity index is 0.000000300. The van der Waals surface area contributed by atoms with Crippen LogP contribution in [0.4, 0.5) is 0 Å². The predicted octanol–water partition coefficient (Wildman–Crippen LogP) is 5.91. The van der Waals surface area contributed by atoms with Crippen LogP contribution in [-0.2, 0) is 21.7 Å². The van der Waals surface area contributed by atoms with Crippen LogP contribution in [0.25, 0.3) is 16.6 Å². The molecule has 0 bridgehead atoms. The summed E-state index contributed by atoms with van der Waals surface area (Å²) in [5.41, 5.74) is 5.97. The fraction of sp³-hybridized carbons (Fsp3) is 0.152. The van der Waals surface area contributed by atoms with Crippen LogP contribution < -0.4 is 9.47 Å². The molecule has 212 valence electrons. The first-order chi connectivity index (χ1) is 20.3. The molecule has 9 heteroatoms. The zero-order chi connectivity index (χ0) is 29.7. The van der Waals surface area contributed by atoms with Gasteiger partial charge in [-0.05, 0) is 54.4 Å². The molecule has 0 saturated heterocycles. The van der Waals surface area contributed by atoms with Crippen molar-refractivity contribution in [1.82, 2.24) is 8.75 Å². The van der Waals surface area contributed by atoms with Gasteiger partial charge in [-0.1, -0.05) is 60.2 Å². The molecule has 1 aliphatic heterocycles. The molecule has 0 amide bonds. The predicted molar refractivity (Wildman–Crippen MR) is 161 cm³/mol. The van der Waals surface area contributed by atoms with Gasteiger partial charge in [-0.3, -0.25) is 4.79 Å². The number of aliphatic hydroxyl groups is 1. The molecule has 4 aromatic carbocycles. The molecule has 0 aliphatic carbocycles. The number of rotatable bonds is 7. The quantitative estimate of drug-likeness (QED) is 0.187. The van der Waals surface area contributed by atoms with Crippen molar-refractivity contribution in [2.75, 3.05) is 14.2 Å². The first kappa shape index (κ1) is 28.7. The van der Waals surface area contributed by atoms with Crippen molar-refractivity contribution >= 4 is 40.6 Å². The molecular formula is C33H28N2O6S. The zero-order valence-corrected chi connectivity index (χ0v) is 24.1. The van der Waals surface area contributed by atoms with Crippen molar-refractivity contribution < 1.29 is 28.9 Å². The molecule has 1 aliphatic rings. The number of hydrogen-bond acceptors (Lipinski definition) is 9. The SMILES string of the molecule is COc1cccc(C=O)c1.COc1cccc(CC2=C(c3ccc4nsnc4c3)C(=O)OC2(O)c2ccc(C)cc2)c1. The first-order valence-electron chi connectivity index (χ1n) is 13.1. The van der Waals surface area contributed by atoms with Crippen LogP contribution in [0.3, 0.4) is 0 Å². The van der Waals surface area contributed by atoms with E-state index in [-0.39, 0.29) is 0 Å². The Hall–Kier alpha value is -4.86. The molecular weight excluding hydrogens is 552 g/mol. The van der Waals surface area contributed by atoms with E-state index in [2.05, 4.69) is 8.75 Å². The number of benzene rings is 4. The van der Waals surface area contributed by atoms with Gasteiger partial charge in [0.15, 0.2) is 0 Å². The third-order valence-corrected chi connectivity index (χ3v) is 7.44. The Kier molecular flexibility index (Phi) is 8.42. The summed E-state index contributed by atoms with van der Waals surface area (Å²) < 4.78 is 24.4. The highest BCUT2D eigenvalue weighted by Gasteiger charge is 2.48. The highest BCUT2D eigenvalue weighted by atomic mass is 32.1. The number of cyclic esters (lactones) is 1.